The van der Waals surface area contributed by atoms with Gasteiger partial charge >= 0.3 is 0 Å². The van der Waals surface area contributed by atoms with Gasteiger partial charge < -0.3 is 11.1 Å². The lowest BCUT2D eigenvalue weighted by Crippen LogP contribution is -2.18. The van der Waals surface area contributed by atoms with Gasteiger partial charge in [0.25, 0.3) is 0 Å². The number of nitrogens with zero attached hydrogens (tertiary/aromatic N) is 2. The lowest BCUT2D eigenvalue weighted by Gasteiger charge is -2.14. The van der Waals surface area contributed by atoms with Crippen LogP contribution in [0, 0.1) is 0 Å². The van der Waals surface area contributed by atoms with Crippen molar-refractivity contribution >= 4 is 17.3 Å². The van der Waals surface area contributed by atoms with Crippen LogP contribution in [-0.2, 0) is 6.54 Å². The van der Waals surface area contributed by atoms with Crippen molar-refractivity contribution in [3.05, 3.63) is 35.9 Å². The first-order chi connectivity index (χ1) is 9.29. The van der Waals surface area contributed by atoms with Crippen LogP contribution in [0.2, 0.25) is 0 Å². The molecule has 3 rings (SSSR count). The molecule has 0 bridgehead atoms. The Hall–Kier alpha value is -2.01. The van der Waals surface area contributed by atoms with Crippen LogP contribution >= 0.6 is 0 Å². The monoisotopic (exact) mass is 257 g/mol. The van der Waals surface area contributed by atoms with E-state index in [4.69, 9.17) is 5.73 Å². The second-order valence-corrected chi connectivity index (χ2v) is 5.01. The van der Waals surface area contributed by atoms with Crippen LogP contribution in [0.15, 0.2) is 30.3 Å². The number of aromatic amines is 1. The normalized spacial score (nSPS) is 15.8. The molecule has 1 aliphatic rings. The average Bonchev–Trinajstić information content (AvgIpc) is 3.04. The van der Waals surface area contributed by atoms with Crippen molar-refractivity contribution in [3.8, 4) is 0 Å². The fourth-order valence-electron chi connectivity index (χ4n) is 2.44. The molecule has 0 saturated carbocycles. The van der Waals surface area contributed by atoms with Crippen molar-refractivity contribution in [2.75, 3.05) is 24.1 Å². The minimum Gasteiger partial charge on any atom is -0.384 e. The number of nitrogens with two attached hydrogens (primary N) is 1. The third kappa shape index (κ3) is 3.06. The van der Waals surface area contributed by atoms with Gasteiger partial charge in [-0.15, -0.1) is 0 Å². The molecule has 5 nitrogen and oxygen atoms in total. The van der Waals surface area contributed by atoms with Gasteiger partial charge in [0.2, 0.25) is 0 Å². The highest BCUT2D eigenvalue weighted by Gasteiger charge is 2.11. The Morgan fingerprint density at radius 1 is 1.21 bits per heavy atom. The molecule has 0 aliphatic carbocycles. The largest absolute Gasteiger partial charge is 0.384 e. The number of rotatable bonds is 4. The molecule has 1 aromatic carbocycles. The number of hydrogen-bond donors (Lipinski definition) is 3. The summed E-state index contributed by atoms with van der Waals surface area (Å²) in [5.74, 6) is 1.30. The smallest absolute Gasteiger partial charge is 0.154 e. The molecule has 1 saturated heterocycles. The maximum Gasteiger partial charge on any atom is 0.154 e. The van der Waals surface area contributed by atoms with Crippen molar-refractivity contribution in [3.63, 3.8) is 0 Å². The maximum atomic E-state index is 5.58. The van der Waals surface area contributed by atoms with Crippen LogP contribution < -0.4 is 11.1 Å². The first kappa shape index (κ1) is 12.0. The second-order valence-electron chi connectivity index (χ2n) is 5.01. The van der Waals surface area contributed by atoms with Gasteiger partial charge in [0.1, 0.15) is 5.82 Å². The van der Waals surface area contributed by atoms with Gasteiger partial charge in [0.15, 0.2) is 5.82 Å². The summed E-state index contributed by atoms with van der Waals surface area (Å²) >= 11 is 0. The number of aromatic nitrogens is 2. The van der Waals surface area contributed by atoms with Gasteiger partial charge in [-0.1, -0.05) is 12.1 Å². The molecule has 100 valence electrons. The van der Waals surface area contributed by atoms with E-state index in [1.807, 2.05) is 0 Å². The third-order valence-corrected chi connectivity index (χ3v) is 3.43. The Labute approximate surface area is 112 Å². The maximum absolute atomic E-state index is 5.58. The predicted octanol–water partition coefficient (Wildman–Crippen LogP) is 2.33. The van der Waals surface area contributed by atoms with E-state index in [9.17, 15) is 0 Å². The van der Waals surface area contributed by atoms with Crippen LogP contribution in [0.4, 0.5) is 17.3 Å². The summed E-state index contributed by atoms with van der Waals surface area (Å²) in [6, 6.07) is 10.3. The number of anilines is 3. The summed E-state index contributed by atoms with van der Waals surface area (Å²) in [4.78, 5) is 2.50. The number of likely N-dealkylation sites (tertiary alicyclic amines) is 1. The topological polar surface area (TPSA) is 70.0 Å². The van der Waals surface area contributed by atoms with E-state index in [2.05, 4.69) is 44.7 Å². The molecule has 2 aromatic rings. The lowest BCUT2D eigenvalue weighted by molar-refractivity contribution is 0.331. The molecule has 0 spiro atoms. The molecular formula is C14H19N5. The molecule has 1 aromatic heterocycles. The Morgan fingerprint density at radius 3 is 2.58 bits per heavy atom. The van der Waals surface area contributed by atoms with Crippen LogP contribution in [0.3, 0.4) is 0 Å². The van der Waals surface area contributed by atoms with Crippen molar-refractivity contribution in [2.24, 2.45) is 0 Å². The van der Waals surface area contributed by atoms with Gasteiger partial charge in [-0.3, -0.25) is 10.00 Å². The summed E-state index contributed by atoms with van der Waals surface area (Å²) in [6.45, 7) is 3.51. The van der Waals surface area contributed by atoms with E-state index in [1.54, 1.807) is 6.07 Å². The van der Waals surface area contributed by atoms with Crippen molar-refractivity contribution < 1.29 is 0 Å². The zero-order chi connectivity index (χ0) is 13.1. The standard InChI is InChI=1S/C14H19N5/c15-13-9-14(18-17-13)16-12-5-3-11(4-6-12)10-19-7-1-2-8-19/h3-6,9H,1-2,7-8,10H2,(H4,15,16,17,18). The highest BCUT2D eigenvalue weighted by atomic mass is 15.2. The van der Waals surface area contributed by atoms with E-state index >= 15 is 0 Å². The van der Waals surface area contributed by atoms with E-state index in [-0.39, 0.29) is 0 Å². The van der Waals surface area contributed by atoms with Crippen molar-refractivity contribution in [2.45, 2.75) is 19.4 Å². The summed E-state index contributed by atoms with van der Waals surface area (Å²) in [7, 11) is 0. The molecule has 0 unspecified atom stereocenters. The fourth-order valence-corrected chi connectivity index (χ4v) is 2.44. The van der Waals surface area contributed by atoms with E-state index < -0.39 is 0 Å². The Balaban J connectivity index is 1.61. The Bertz CT molecular complexity index is 525. The molecule has 2 heterocycles. The molecule has 0 atom stereocenters. The number of benzene rings is 1. The van der Waals surface area contributed by atoms with Crippen LogP contribution in [0.5, 0.6) is 0 Å². The zero-order valence-corrected chi connectivity index (χ0v) is 10.9. The molecular weight excluding hydrogens is 238 g/mol. The first-order valence-corrected chi connectivity index (χ1v) is 6.69. The number of nitrogens with one attached hydrogen (secondary N) is 2. The molecule has 4 N–H and O–H groups in total. The van der Waals surface area contributed by atoms with Crippen molar-refractivity contribution in [1.82, 2.24) is 15.1 Å². The van der Waals surface area contributed by atoms with E-state index in [0.29, 0.717) is 5.82 Å². The second kappa shape index (κ2) is 5.32. The minimum absolute atomic E-state index is 0.563. The molecule has 1 aliphatic heterocycles. The Morgan fingerprint density at radius 2 is 1.95 bits per heavy atom. The molecule has 5 heteroatoms. The SMILES string of the molecule is Nc1cc(Nc2ccc(CN3CCCC3)cc2)n[nH]1. The summed E-state index contributed by atoms with van der Waals surface area (Å²) in [5, 5.41) is 9.96. The van der Waals surface area contributed by atoms with E-state index in [1.165, 1.54) is 31.5 Å². The Kier molecular flexibility index (Phi) is 3.37. The first-order valence-electron chi connectivity index (χ1n) is 6.69. The van der Waals surface area contributed by atoms with Gasteiger partial charge in [-0.25, -0.2) is 0 Å². The van der Waals surface area contributed by atoms with E-state index in [0.717, 1.165) is 18.1 Å². The number of H-pyrrole nitrogens is 1. The molecule has 19 heavy (non-hydrogen) atoms. The molecule has 1 fully saturated rings. The van der Waals surface area contributed by atoms with Gasteiger partial charge in [0, 0.05) is 18.3 Å². The summed E-state index contributed by atoms with van der Waals surface area (Å²) < 4.78 is 0. The highest BCUT2D eigenvalue weighted by molar-refractivity contribution is 5.58. The minimum atomic E-state index is 0.563. The van der Waals surface area contributed by atoms with Crippen LogP contribution in [-0.4, -0.2) is 28.2 Å². The number of nitrogen functional groups attached to an aromatic ring is 1. The lowest BCUT2D eigenvalue weighted by atomic mass is 10.2. The van der Waals surface area contributed by atoms with Crippen LogP contribution in [0.1, 0.15) is 18.4 Å². The van der Waals surface area contributed by atoms with Gasteiger partial charge in [-0.05, 0) is 43.6 Å². The molecule has 0 amide bonds. The fraction of sp³-hybridized carbons (Fsp3) is 0.357. The quantitative estimate of drug-likeness (QED) is 0.786. The van der Waals surface area contributed by atoms with Gasteiger partial charge in [-0.2, -0.15) is 5.10 Å². The highest BCUT2D eigenvalue weighted by Crippen LogP contribution is 2.18. The number of hydrogen-bond acceptors (Lipinski definition) is 4. The zero-order valence-electron chi connectivity index (χ0n) is 10.9. The van der Waals surface area contributed by atoms with Gasteiger partial charge in [0.05, 0.1) is 0 Å². The average molecular weight is 257 g/mol. The molecule has 0 radical (unpaired) electrons. The summed E-state index contributed by atoms with van der Waals surface area (Å²) in [6.07, 6.45) is 2.67. The van der Waals surface area contributed by atoms with Crippen molar-refractivity contribution in [1.29, 1.82) is 0 Å². The van der Waals surface area contributed by atoms with Crippen LogP contribution in [0.25, 0.3) is 0 Å². The third-order valence-electron chi connectivity index (χ3n) is 3.43. The summed E-state index contributed by atoms with van der Waals surface area (Å²) in [5.41, 5.74) is 7.96. The predicted molar refractivity (Wildman–Crippen MR) is 77.2 cm³/mol.